The highest BCUT2D eigenvalue weighted by Crippen LogP contribution is 2.38. The van der Waals surface area contributed by atoms with Gasteiger partial charge in [-0.05, 0) is 56.1 Å². The fraction of sp³-hybridized carbons (Fsp3) is 0.556. The fourth-order valence-electron chi connectivity index (χ4n) is 6.63. The number of carbonyl (C=O) groups is 3. The summed E-state index contributed by atoms with van der Waals surface area (Å²) in [7, 11) is 0. The van der Waals surface area contributed by atoms with Crippen LogP contribution in [0.4, 0.5) is 4.79 Å². The predicted octanol–water partition coefficient (Wildman–Crippen LogP) is 2.88. The minimum atomic E-state index is -0.157. The molecule has 2 unspecified atom stereocenters. The summed E-state index contributed by atoms with van der Waals surface area (Å²) in [5.74, 6) is 0.943. The number of likely N-dealkylation sites (tertiary alicyclic amines) is 2. The number of para-hydroxylation sites is 1. The Balaban J connectivity index is 1.03. The molecule has 4 fully saturated rings. The molecule has 8 nitrogen and oxygen atoms in total. The Labute approximate surface area is 205 Å². The summed E-state index contributed by atoms with van der Waals surface area (Å²) < 4.78 is 0. The van der Waals surface area contributed by atoms with E-state index in [0.717, 1.165) is 62.6 Å². The van der Waals surface area contributed by atoms with Crippen molar-refractivity contribution in [1.82, 2.24) is 25.0 Å². The molecule has 4 saturated heterocycles. The number of benzene rings is 1. The van der Waals surface area contributed by atoms with Crippen LogP contribution >= 0.6 is 0 Å². The van der Waals surface area contributed by atoms with E-state index in [1.54, 1.807) is 6.07 Å². The van der Waals surface area contributed by atoms with E-state index >= 15 is 0 Å². The van der Waals surface area contributed by atoms with E-state index in [1.165, 1.54) is 0 Å². The van der Waals surface area contributed by atoms with Gasteiger partial charge in [-0.1, -0.05) is 24.3 Å². The van der Waals surface area contributed by atoms with Gasteiger partial charge in [0.15, 0.2) is 0 Å². The van der Waals surface area contributed by atoms with Crippen molar-refractivity contribution in [3.05, 3.63) is 42.1 Å². The summed E-state index contributed by atoms with van der Waals surface area (Å²) >= 11 is 0. The zero-order chi connectivity index (χ0) is 23.9. The third-order valence-electron chi connectivity index (χ3n) is 8.38. The molecule has 184 valence electrons. The molecule has 4 aliphatic heterocycles. The van der Waals surface area contributed by atoms with Crippen LogP contribution in [0.15, 0.2) is 36.4 Å². The molecule has 0 aliphatic carbocycles. The van der Waals surface area contributed by atoms with Gasteiger partial charge in [-0.3, -0.25) is 9.59 Å². The lowest BCUT2D eigenvalue weighted by molar-refractivity contribution is -0.144. The van der Waals surface area contributed by atoms with Crippen LogP contribution in [0.2, 0.25) is 0 Å². The van der Waals surface area contributed by atoms with Gasteiger partial charge in [0, 0.05) is 56.6 Å². The highest BCUT2D eigenvalue weighted by Gasteiger charge is 2.45. The standard InChI is InChI=1S/C27H33N5O3/c33-25-7-3-6-24-20-14-18(16-32(24)25)15-31(17-20)27(35)30-12-10-21(11-13-30)28-26(34)23-9-8-19-4-1-2-5-22(19)29-23/h1-2,4-5,8-9,18,20-21,24H,3,6-7,10-17H2,(H,28,34)/t18?,20?,24-/m1/s1. The SMILES string of the molecule is O=C(NC1CCN(C(=O)N2CC3CC(C2)[C@H]2CCCC(=O)N2C3)CC1)c1ccc2ccccc2n1. The van der Waals surface area contributed by atoms with E-state index in [0.29, 0.717) is 49.0 Å². The van der Waals surface area contributed by atoms with Crippen molar-refractivity contribution in [3.8, 4) is 0 Å². The number of hydrogen-bond acceptors (Lipinski definition) is 4. The van der Waals surface area contributed by atoms with Crippen molar-refractivity contribution in [3.63, 3.8) is 0 Å². The van der Waals surface area contributed by atoms with Gasteiger partial charge in [-0.25, -0.2) is 9.78 Å². The quantitative estimate of drug-likeness (QED) is 0.724. The first-order valence-electron chi connectivity index (χ1n) is 13.0. The summed E-state index contributed by atoms with van der Waals surface area (Å²) in [4.78, 5) is 49.1. The maximum absolute atomic E-state index is 13.4. The molecule has 0 spiro atoms. The van der Waals surface area contributed by atoms with Gasteiger partial charge < -0.3 is 20.0 Å². The van der Waals surface area contributed by atoms with Crippen molar-refractivity contribution < 1.29 is 14.4 Å². The molecule has 0 radical (unpaired) electrons. The smallest absolute Gasteiger partial charge is 0.320 e. The summed E-state index contributed by atoms with van der Waals surface area (Å²) in [6.45, 7) is 3.61. The minimum absolute atomic E-state index is 0.0439. The molecule has 4 aliphatic rings. The Morgan fingerprint density at radius 3 is 2.63 bits per heavy atom. The van der Waals surface area contributed by atoms with Crippen molar-refractivity contribution in [2.45, 2.75) is 50.6 Å². The molecular formula is C27H33N5O3. The number of rotatable bonds is 2. The lowest BCUT2D eigenvalue weighted by Gasteiger charge is -2.53. The Kier molecular flexibility index (Phi) is 5.82. The average Bonchev–Trinajstić information content (AvgIpc) is 2.89. The molecule has 1 N–H and O–H groups in total. The van der Waals surface area contributed by atoms with E-state index in [9.17, 15) is 14.4 Å². The largest absolute Gasteiger partial charge is 0.348 e. The van der Waals surface area contributed by atoms with Crippen LogP contribution in [-0.4, -0.2) is 82.3 Å². The Morgan fingerprint density at radius 2 is 1.77 bits per heavy atom. The number of hydrogen-bond donors (Lipinski definition) is 1. The second kappa shape index (κ2) is 9.13. The molecule has 35 heavy (non-hydrogen) atoms. The maximum Gasteiger partial charge on any atom is 0.320 e. The van der Waals surface area contributed by atoms with Crippen molar-refractivity contribution in [2.75, 3.05) is 32.7 Å². The van der Waals surface area contributed by atoms with E-state index < -0.39 is 0 Å². The predicted molar refractivity (Wildman–Crippen MR) is 132 cm³/mol. The number of amides is 4. The van der Waals surface area contributed by atoms with E-state index in [1.807, 2.05) is 40.1 Å². The molecule has 1 aromatic carbocycles. The summed E-state index contributed by atoms with van der Waals surface area (Å²) in [6, 6.07) is 11.9. The summed E-state index contributed by atoms with van der Waals surface area (Å²) in [5, 5.41) is 4.13. The molecule has 8 heteroatoms. The van der Waals surface area contributed by atoms with Gasteiger partial charge in [0.25, 0.3) is 5.91 Å². The van der Waals surface area contributed by atoms with Gasteiger partial charge in [0.05, 0.1) is 5.52 Å². The van der Waals surface area contributed by atoms with Crippen LogP contribution in [0.1, 0.15) is 49.0 Å². The Hall–Kier alpha value is -3.16. The molecule has 3 atom stereocenters. The van der Waals surface area contributed by atoms with E-state index in [4.69, 9.17) is 0 Å². The van der Waals surface area contributed by atoms with E-state index in [2.05, 4.69) is 15.2 Å². The van der Waals surface area contributed by atoms with Gasteiger partial charge in [0.1, 0.15) is 5.69 Å². The number of aromatic nitrogens is 1. The Bertz CT molecular complexity index is 1140. The van der Waals surface area contributed by atoms with Crippen LogP contribution in [0.3, 0.4) is 0 Å². The van der Waals surface area contributed by atoms with Crippen LogP contribution in [0.25, 0.3) is 10.9 Å². The molecular weight excluding hydrogens is 442 g/mol. The zero-order valence-corrected chi connectivity index (χ0v) is 20.1. The summed E-state index contributed by atoms with van der Waals surface area (Å²) in [5.41, 5.74) is 1.24. The number of urea groups is 1. The number of nitrogens with one attached hydrogen (secondary N) is 1. The van der Waals surface area contributed by atoms with Crippen LogP contribution in [-0.2, 0) is 4.79 Å². The average molecular weight is 476 g/mol. The van der Waals surface area contributed by atoms with Crippen LogP contribution in [0, 0.1) is 11.8 Å². The minimum Gasteiger partial charge on any atom is -0.348 e. The highest BCUT2D eigenvalue weighted by atomic mass is 16.2. The normalized spacial score (nSPS) is 27.0. The number of piperidine rings is 4. The number of pyridine rings is 1. The van der Waals surface area contributed by atoms with Gasteiger partial charge >= 0.3 is 6.03 Å². The molecule has 0 saturated carbocycles. The molecule has 1 aromatic heterocycles. The first-order chi connectivity index (χ1) is 17.0. The van der Waals surface area contributed by atoms with Crippen molar-refractivity contribution >= 4 is 28.7 Å². The second-order valence-electron chi connectivity index (χ2n) is 10.7. The molecule has 6 rings (SSSR count). The highest BCUT2D eigenvalue weighted by molar-refractivity contribution is 5.95. The van der Waals surface area contributed by atoms with Gasteiger partial charge in [0.2, 0.25) is 5.91 Å². The molecule has 5 heterocycles. The maximum atomic E-state index is 13.4. The number of carbonyl (C=O) groups excluding carboxylic acids is 3. The zero-order valence-electron chi connectivity index (χ0n) is 20.1. The fourth-order valence-corrected chi connectivity index (χ4v) is 6.63. The lowest BCUT2D eigenvalue weighted by atomic mass is 9.76. The topological polar surface area (TPSA) is 85.8 Å². The summed E-state index contributed by atoms with van der Waals surface area (Å²) in [6.07, 6.45) is 5.36. The van der Waals surface area contributed by atoms with Crippen LogP contribution < -0.4 is 5.32 Å². The number of fused-ring (bicyclic) bond motifs is 5. The van der Waals surface area contributed by atoms with Crippen molar-refractivity contribution in [1.29, 1.82) is 0 Å². The molecule has 2 aromatic rings. The van der Waals surface area contributed by atoms with Gasteiger partial charge in [-0.15, -0.1) is 0 Å². The molecule has 4 amide bonds. The monoisotopic (exact) mass is 475 g/mol. The third kappa shape index (κ3) is 4.34. The van der Waals surface area contributed by atoms with Gasteiger partial charge in [-0.2, -0.15) is 0 Å². The second-order valence-corrected chi connectivity index (χ2v) is 10.7. The lowest BCUT2D eigenvalue weighted by Crippen LogP contribution is -2.62. The molecule has 2 bridgehead atoms. The third-order valence-corrected chi connectivity index (χ3v) is 8.38. The first kappa shape index (κ1) is 22.3. The van der Waals surface area contributed by atoms with Crippen LogP contribution in [0.5, 0.6) is 0 Å². The van der Waals surface area contributed by atoms with Crippen molar-refractivity contribution in [2.24, 2.45) is 11.8 Å². The first-order valence-corrected chi connectivity index (χ1v) is 13.0. The Morgan fingerprint density at radius 1 is 0.943 bits per heavy atom. The van der Waals surface area contributed by atoms with E-state index in [-0.39, 0.29) is 18.0 Å². The number of nitrogens with zero attached hydrogens (tertiary/aromatic N) is 4.